The summed E-state index contributed by atoms with van der Waals surface area (Å²) >= 11 is 0. The van der Waals surface area contributed by atoms with Crippen molar-refractivity contribution in [2.45, 2.75) is 13.0 Å². The van der Waals surface area contributed by atoms with Crippen LogP contribution in [-0.2, 0) is 17.8 Å². The van der Waals surface area contributed by atoms with Gasteiger partial charge in [-0.15, -0.1) is 0 Å². The molecule has 2 aromatic carbocycles. The summed E-state index contributed by atoms with van der Waals surface area (Å²) in [5, 5.41) is 23.8. The Morgan fingerprint density at radius 1 is 1.09 bits per heavy atom. The first kappa shape index (κ1) is 14.8. The first-order valence-electron chi connectivity index (χ1n) is 7.03. The second-order valence-corrected chi connectivity index (χ2v) is 5.20. The minimum atomic E-state index is -1.13. The number of nitrogens with zero attached hydrogens (tertiary/aromatic N) is 2. The minimum Gasteiger partial charge on any atom is -0.508 e. The van der Waals surface area contributed by atoms with E-state index in [-0.39, 0.29) is 5.75 Å². The molecule has 0 saturated heterocycles. The molecule has 1 aromatic heterocycles. The lowest BCUT2D eigenvalue weighted by atomic mass is 10.0. The zero-order chi connectivity index (χ0) is 16.4. The smallest absolute Gasteiger partial charge is 0.325 e. The summed E-state index contributed by atoms with van der Waals surface area (Å²) < 4.78 is 0.961. The van der Waals surface area contributed by atoms with Gasteiger partial charge in [-0.3, -0.25) is 9.59 Å². The van der Waals surface area contributed by atoms with Crippen molar-refractivity contribution in [1.29, 1.82) is 0 Å². The number of phenols is 1. The van der Waals surface area contributed by atoms with Crippen LogP contribution in [0.3, 0.4) is 0 Å². The number of carboxylic acid groups (broad SMARTS) is 1. The summed E-state index contributed by atoms with van der Waals surface area (Å²) in [6.45, 7) is -0.489. The van der Waals surface area contributed by atoms with Crippen LogP contribution in [0.2, 0.25) is 0 Å². The Bertz CT molecular complexity index is 947. The van der Waals surface area contributed by atoms with Crippen LogP contribution < -0.4 is 5.56 Å². The molecule has 0 radical (unpaired) electrons. The maximum absolute atomic E-state index is 12.3. The Balaban J connectivity index is 2.16. The molecule has 0 atom stereocenters. The molecule has 3 rings (SSSR count). The Kier molecular flexibility index (Phi) is 3.80. The van der Waals surface area contributed by atoms with Crippen LogP contribution >= 0.6 is 0 Å². The second kappa shape index (κ2) is 5.92. The van der Waals surface area contributed by atoms with Gasteiger partial charge in [0, 0.05) is 11.8 Å². The van der Waals surface area contributed by atoms with Crippen LogP contribution in [0.1, 0.15) is 11.3 Å². The van der Waals surface area contributed by atoms with Gasteiger partial charge in [0.15, 0.2) is 0 Å². The number of rotatable bonds is 4. The van der Waals surface area contributed by atoms with E-state index in [4.69, 9.17) is 5.11 Å². The van der Waals surface area contributed by atoms with E-state index in [9.17, 15) is 14.7 Å². The van der Waals surface area contributed by atoms with Gasteiger partial charge in [-0.05, 0) is 23.8 Å². The first-order chi connectivity index (χ1) is 11.0. The summed E-state index contributed by atoms with van der Waals surface area (Å²) in [6, 6.07) is 13.7. The normalized spacial score (nSPS) is 10.8. The van der Waals surface area contributed by atoms with Crippen molar-refractivity contribution in [3.05, 3.63) is 70.1 Å². The van der Waals surface area contributed by atoms with Crippen molar-refractivity contribution < 1.29 is 15.0 Å². The van der Waals surface area contributed by atoms with E-state index in [1.165, 1.54) is 0 Å². The Labute approximate surface area is 131 Å². The summed E-state index contributed by atoms with van der Waals surface area (Å²) in [6.07, 6.45) is 0.384. The summed E-state index contributed by atoms with van der Waals surface area (Å²) in [7, 11) is 0. The number of fused-ring (bicyclic) bond motifs is 1. The molecule has 2 N–H and O–H groups in total. The molecular formula is C17H14N2O4. The highest BCUT2D eigenvalue weighted by Gasteiger charge is 2.12. The lowest BCUT2D eigenvalue weighted by molar-refractivity contribution is -0.138. The quantitative estimate of drug-likeness (QED) is 0.766. The predicted octanol–water partition coefficient (Wildman–Crippen LogP) is 1.78. The molecule has 23 heavy (non-hydrogen) atoms. The summed E-state index contributed by atoms with van der Waals surface area (Å²) in [5.41, 5.74) is 0.984. The van der Waals surface area contributed by atoms with E-state index >= 15 is 0 Å². The van der Waals surface area contributed by atoms with Gasteiger partial charge in [-0.25, -0.2) is 4.68 Å². The Morgan fingerprint density at radius 2 is 1.83 bits per heavy atom. The summed E-state index contributed by atoms with van der Waals surface area (Å²) in [4.78, 5) is 23.3. The maximum atomic E-state index is 12.3. The van der Waals surface area contributed by atoms with Crippen LogP contribution in [0.5, 0.6) is 5.75 Å². The van der Waals surface area contributed by atoms with Crippen molar-refractivity contribution in [2.75, 3.05) is 0 Å². The van der Waals surface area contributed by atoms with Crippen molar-refractivity contribution in [3.8, 4) is 5.75 Å². The number of aromatic hydroxyl groups is 1. The van der Waals surface area contributed by atoms with E-state index < -0.39 is 18.1 Å². The van der Waals surface area contributed by atoms with Crippen molar-refractivity contribution >= 4 is 16.7 Å². The molecule has 0 aliphatic rings. The minimum absolute atomic E-state index is 0.144. The predicted molar refractivity (Wildman–Crippen MR) is 84.6 cm³/mol. The number of phenolic OH excluding ortho intramolecular Hbond substituents is 1. The van der Waals surface area contributed by atoms with E-state index in [0.717, 1.165) is 10.2 Å². The number of aromatic nitrogens is 2. The number of aliphatic carboxylic acids is 1. The average Bonchev–Trinajstić information content (AvgIpc) is 2.51. The van der Waals surface area contributed by atoms with Gasteiger partial charge in [0.25, 0.3) is 5.56 Å². The number of carbonyl (C=O) groups is 1. The van der Waals surface area contributed by atoms with Crippen molar-refractivity contribution in [3.63, 3.8) is 0 Å². The largest absolute Gasteiger partial charge is 0.508 e. The van der Waals surface area contributed by atoms with Crippen molar-refractivity contribution in [2.24, 2.45) is 0 Å². The fraction of sp³-hybridized carbons (Fsp3) is 0.118. The molecule has 0 aliphatic carbocycles. The fourth-order valence-corrected chi connectivity index (χ4v) is 2.53. The molecule has 116 valence electrons. The van der Waals surface area contributed by atoms with E-state index in [0.29, 0.717) is 22.9 Å². The highest BCUT2D eigenvalue weighted by Crippen LogP contribution is 2.19. The molecular weight excluding hydrogens is 296 g/mol. The second-order valence-electron chi connectivity index (χ2n) is 5.20. The van der Waals surface area contributed by atoms with Gasteiger partial charge in [0.1, 0.15) is 12.3 Å². The third-order valence-corrected chi connectivity index (χ3v) is 3.51. The van der Waals surface area contributed by atoms with Crippen LogP contribution in [0, 0.1) is 0 Å². The average molecular weight is 310 g/mol. The molecule has 3 aromatic rings. The molecule has 0 fully saturated rings. The number of carboxylic acids is 1. The van der Waals surface area contributed by atoms with Gasteiger partial charge < -0.3 is 10.2 Å². The Hall–Kier alpha value is -3.15. The van der Waals surface area contributed by atoms with Gasteiger partial charge in [-0.2, -0.15) is 5.10 Å². The molecule has 0 amide bonds. The van der Waals surface area contributed by atoms with E-state index in [2.05, 4.69) is 5.10 Å². The van der Waals surface area contributed by atoms with Crippen LogP contribution in [0.25, 0.3) is 10.8 Å². The van der Waals surface area contributed by atoms with Gasteiger partial charge in [0.05, 0.1) is 11.1 Å². The van der Waals surface area contributed by atoms with Crippen LogP contribution in [-0.4, -0.2) is 26.0 Å². The highest BCUT2D eigenvalue weighted by molar-refractivity contribution is 5.84. The summed E-state index contributed by atoms with van der Waals surface area (Å²) in [5.74, 6) is -0.983. The highest BCUT2D eigenvalue weighted by atomic mass is 16.4. The molecule has 6 heteroatoms. The van der Waals surface area contributed by atoms with Gasteiger partial charge >= 0.3 is 5.97 Å². The molecule has 1 heterocycles. The topological polar surface area (TPSA) is 92.4 Å². The number of hydrogen-bond donors (Lipinski definition) is 2. The molecule has 0 spiro atoms. The lowest BCUT2D eigenvalue weighted by Crippen LogP contribution is -2.28. The third kappa shape index (κ3) is 3.06. The molecule has 6 nitrogen and oxygen atoms in total. The monoisotopic (exact) mass is 310 g/mol. The zero-order valence-corrected chi connectivity index (χ0v) is 12.1. The van der Waals surface area contributed by atoms with Crippen LogP contribution in [0.4, 0.5) is 0 Å². The van der Waals surface area contributed by atoms with Crippen LogP contribution in [0.15, 0.2) is 53.3 Å². The molecule has 0 saturated carbocycles. The number of hydrogen-bond acceptors (Lipinski definition) is 4. The molecule has 0 aliphatic heterocycles. The SMILES string of the molecule is O=C(O)Cn1nc(Cc2cccc(O)c2)c2ccccc2c1=O. The fourth-order valence-electron chi connectivity index (χ4n) is 2.53. The number of benzene rings is 2. The zero-order valence-electron chi connectivity index (χ0n) is 12.1. The van der Waals surface area contributed by atoms with Gasteiger partial charge in [0.2, 0.25) is 0 Å². The third-order valence-electron chi connectivity index (χ3n) is 3.51. The van der Waals surface area contributed by atoms with Gasteiger partial charge in [-0.1, -0.05) is 30.3 Å². The van der Waals surface area contributed by atoms with E-state index in [1.807, 2.05) is 6.07 Å². The van der Waals surface area contributed by atoms with E-state index in [1.54, 1.807) is 42.5 Å². The molecule has 0 bridgehead atoms. The lowest BCUT2D eigenvalue weighted by Gasteiger charge is -2.10. The first-order valence-corrected chi connectivity index (χ1v) is 7.03. The van der Waals surface area contributed by atoms with Crippen molar-refractivity contribution in [1.82, 2.24) is 9.78 Å². The standard InChI is InChI=1S/C17H14N2O4/c20-12-5-3-4-11(8-12)9-15-13-6-1-2-7-14(13)17(23)19(18-15)10-16(21)22/h1-8,20H,9-10H2,(H,21,22). The molecule has 0 unspecified atom stereocenters. The maximum Gasteiger partial charge on any atom is 0.325 e. The Morgan fingerprint density at radius 3 is 2.52 bits per heavy atom.